The monoisotopic (exact) mass is 407 g/mol. The van der Waals surface area contributed by atoms with E-state index in [4.69, 9.17) is 0 Å². The normalized spacial score (nSPS) is 15.9. The van der Waals surface area contributed by atoms with Crippen molar-refractivity contribution in [3.05, 3.63) is 76.5 Å². The molecule has 4 rings (SSSR count). The van der Waals surface area contributed by atoms with Gasteiger partial charge in [-0.3, -0.25) is 9.00 Å². The van der Waals surface area contributed by atoms with Crippen LogP contribution in [0.1, 0.15) is 53.5 Å². The molecule has 0 aliphatic carbocycles. The van der Waals surface area contributed by atoms with Crippen LogP contribution in [0.25, 0.3) is 5.69 Å². The fourth-order valence-corrected chi connectivity index (χ4v) is 4.69. The number of fused-ring (bicyclic) bond motifs is 1. The second-order valence-corrected chi connectivity index (χ2v) is 9.99. The largest absolute Gasteiger partial charge is 0.306 e. The number of nitrogens with one attached hydrogen (secondary N) is 1. The highest BCUT2D eigenvalue weighted by molar-refractivity contribution is 7.83. The number of aromatic nitrogens is 2. The zero-order valence-corrected chi connectivity index (χ0v) is 18.0. The highest BCUT2D eigenvalue weighted by Gasteiger charge is 2.28. The van der Waals surface area contributed by atoms with Crippen LogP contribution >= 0.6 is 0 Å². The average Bonchev–Trinajstić information content (AvgIpc) is 3.19. The molecule has 2 aromatic carbocycles. The third kappa shape index (κ3) is 3.90. The van der Waals surface area contributed by atoms with Gasteiger partial charge in [0.05, 0.1) is 22.9 Å². The van der Waals surface area contributed by atoms with Crippen LogP contribution in [-0.2, 0) is 27.7 Å². The summed E-state index contributed by atoms with van der Waals surface area (Å²) in [6.45, 7) is 8.46. The molecule has 6 heteroatoms. The van der Waals surface area contributed by atoms with Gasteiger partial charge in [-0.25, -0.2) is 4.68 Å². The Hall–Kier alpha value is -2.73. The molecule has 1 aliphatic heterocycles. The molecule has 150 valence electrons. The number of hydrogen-bond donors (Lipinski definition) is 1. The first kappa shape index (κ1) is 19.6. The number of rotatable bonds is 3. The molecule has 1 N–H and O–H groups in total. The van der Waals surface area contributed by atoms with Gasteiger partial charge in [0.1, 0.15) is 5.82 Å². The van der Waals surface area contributed by atoms with Crippen molar-refractivity contribution in [3.63, 3.8) is 0 Å². The SMILES string of the molecule is Cc1ccc(-n2nc3c(c2NC(=O)c2ccc(C(C)(C)C)cc2)CS(=O)C3)cc1. The summed E-state index contributed by atoms with van der Waals surface area (Å²) < 4.78 is 13.8. The molecule has 0 fully saturated rings. The van der Waals surface area contributed by atoms with E-state index in [0.717, 1.165) is 22.5 Å². The van der Waals surface area contributed by atoms with Gasteiger partial charge in [0.15, 0.2) is 0 Å². The van der Waals surface area contributed by atoms with Crippen LogP contribution in [0, 0.1) is 6.92 Å². The molecule has 1 aliphatic rings. The van der Waals surface area contributed by atoms with Gasteiger partial charge in [-0.15, -0.1) is 0 Å². The van der Waals surface area contributed by atoms with Gasteiger partial charge in [0.2, 0.25) is 0 Å². The van der Waals surface area contributed by atoms with E-state index in [1.807, 2.05) is 55.5 Å². The number of hydrogen-bond acceptors (Lipinski definition) is 3. The summed E-state index contributed by atoms with van der Waals surface area (Å²) in [7, 11) is -0.966. The fourth-order valence-electron chi connectivity index (χ4n) is 3.43. The Labute approximate surface area is 173 Å². The molecule has 0 radical (unpaired) electrons. The smallest absolute Gasteiger partial charge is 0.256 e. The molecule has 0 spiro atoms. The van der Waals surface area contributed by atoms with Gasteiger partial charge < -0.3 is 5.32 Å². The lowest BCUT2D eigenvalue weighted by Gasteiger charge is -2.19. The van der Waals surface area contributed by atoms with Crippen molar-refractivity contribution in [2.24, 2.45) is 0 Å². The lowest BCUT2D eigenvalue weighted by Crippen LogP contribution is -2.17. The van der Waals surface area contributed by atoms with Crippen LogP contribution < -0.4 is 5.32 Å². The number of carbonyl (C=O) groups is 1. The number of nitrogens with zero attached hydrogens (tertiary/aromatic N) is 2. The summed E-state index contributed by atoms with van der Waals surface area (Å²) in [5, 5.41) is 7.67. The Kier molecular flexibility index (Phi) is 4.90. The Morgan fingerprint density at radius 1 is 1.03 bits per heavy atom. The quantitative estimate of drug-likeness (QED) is 0.696. The van der Waals surface area contributed by atoms with Gasteiger partial charge in [-0.1, -0.05) is 50.6 Å². The number of anilines is 1. The maximum Gasteiger partial charge on any atom is 0.256 e. The zero-order chi connectivity index (χ0) is 20.8. The summed E-state index contributed by atoms with van der Waals surface area (Å²) in [4.78, 5) is 13.0. The summed E-state index contributed by atoms with van der Waals surface area (Å²) >= 11 is 0. The molecule has 3 aromatic rings. The van der Waals surface area contributed by atoms with E-state index in [0.29, 0.717) is 22.9 Å². The Bertz CT molecular complexity index is 1090. The molecule has 1 atom stereocenters. The van der Waals surface area contributed by atoms with Crippen molar-refractivity contribution < 1.29 is 9.00 Å². The third-order valence-electron chi connectivity index (χ3n) is 5.19. The van der Waals surface area contributed by atoms with E-state index in [-0.39, 0.29) is 11.3 Å². The van der Waals surface area contributed by atoms with Crippen LogP contribution in [0.5, 0.6) is 0 Å². The topological polar surface area (TPSA) is 64.0 Å². The van der Waals surface area contributed by atoms with Crippen molar-refractivity contribution in [1.82, 2.24) is 9.78 Å². The molecule has 0 saturated heterocycles. The first-order valence-electron chi connectivity index (χ1n) is 9.67. The molecule has 29 heavy (non-hydrogen) atoms. The fraction of sp³-hybridized carbons (Fsp3) is 0.304. The Morgan fingerprint density at radius 2 is 1.69 bits per heavy atom. The van der Waals surface area contributed by atoms with Crippen molar-refractivity contribution in [3.8, 4) is 5.69 Å². The Morgan fingerprint density at radius 3 is 2.31 bits per heavy atom. The van der Waals surface area contributed by atoms with Crippen LogP contribution in [0.3, 0.4) is 0 Å². The van der Waals surface area contributed by atoms with E-state index < -0.39 is 10.8 Å². The van der Waals surface area contributed by atoms with Gasteiger partial charge in [0.25, 0.3) is 5.91 Å². The lowest BCUT2D eigenvalue weighted by molar-refractivity contribution is 0.102. The highest BCUT2D eigenvalue weighted by atomic mass is 32.2. The number of carbonyl (C=O) groups excluding carboxylic acids is 1. The average molecular weight is 408 g/mol. The highest BCUT2D eigenvalue weighted by Crippen LogP contribution is 2.32. The number of aryl methyl sites for hydroxylation is 1. The van der Waals surface area contributed by atoms with E-state index in [1.165, 1.54) is 5.56 Å². The maximum absolute atomic E-state index is 13.0. The van der Waals surface area contributed by atoms with Crippen LogP contribution in [0.15, 0.2) is 48.5 Å². The lowest BCUT2D eigenvalue weighted by atomic mass is 9.87. The van der Waals surface area contributed by atoms with Crippen molar-refractivity contribution in [2.75, 3.05) is 5.32 Å². The molecule has 5 nitrogen and oxygen atoms in total. The minimum atomic E-state index is -0.966. The van der Waals surface area contributed by atoms with Crippen LogP contribution in [0.4, 0.5) is 5.82 Å². The minimum Gasteiger partial charge on any atom is -0.306 e. The molecule has 2 heterocycles. The van der Waals surface area contributed by atoms with Crippen molar-refractivity contribution in [2.45, 2.75) is 44.6 Å². The molecule has 0 bridgehead atoms. The van der Waals surface area contributed by atoms with Crippen LogP contribution in [0.2, 0.25) is 0 Å². The molecule has 0 saturated carbocycles. The molecular weight excluding hydrogens is 382 g/mol. The summed E-state index contributed by atoms with van der Waals surface area (Å²) in [6, 6.07) is 15.7. The first-order chi connectivity index (χ1) is 13.7. The van der Waals surface area contributed by atoms with Crippen molar-refractivity contribution in [1.29, 1.82) is 0 Å². The van der Waals surface area contributed by atoms with Crippen molar-refractivity contribution >= 4 is 22.5 Å². The second-order valence-electron chi connectivity index (χ2n) is 8.53. The van der Waals surface area contributed by atoms with E-state index in [2.05, 4.69) is 31.2 Å². The second kappa shape index (κ2) is 7.26. The van der Waals surface area contributed by atoms with Gasteiger partial charge in [0, 0.05) is 21.9 Å². The Balaban J connectivity index is 1.68. The minimum absolute atomic E-state index is 0.0317. The van der Waals surface area contributed by atoms with E-state index in [9.17, 15) is 9.00 Å². The predicted molar refractivity (Wildman–Crippen MR) is 117 cm³/mol. The zero-order valence-electron chi connectivity index (χ0n) is 17.2. The molecule has 1 amide bonds. The molecular formula is C23H25N3O2S. The summed E-state index contributed by atoms with van der Waals surface area (Å²) in [6.07, 6.45) is 0. The maximum atomic E-state index is 13.0. The molecule has 1 unspecified atom stereocenters. The van der Waals surface area contributed by atoms with E-state index in [1.54, 1.807) is 4.68 Å². The predicted octanol–water partition coefficient (Wildman–Crippen LogP) is 4.49. The van der Waals surface area contributed by atoms with E-state index >= 15 is 0 Å². The van der Waals surface area contributed by atoms with Crippen LogP contribution in [-0.4, -0.2) is 19.9 Å². The first-order valence-corrected chi connectivity index (χ1v) is 11.2. The number of amides is 1. The third-order valence-corrected chi connectivity index (χ3v) is 6.40. The van der Waals surface area contributed by atoms with Gasteiger partial charge in [-0.05, 0) is 42.2 Å². The van der Waals surface area contributed by atoms with Gasteiger partial charge >= 0.3 is 0 Å². The summed E-state index contributed by atoms with van der Waals surface area (Å²) in [5.74, 6) is 1.26. The standard InChI is InChI=1S/C23H25N3O2S/c1-15-5-11-18(12-6-15)26-21(19-13-29(28)14-20(19)25-26)24-22(27)16-7-9-17(10-8-16)23(2,3)4/h5-12H,13-14H2,1-4H3,(H,24,27). The number of benzene rings is 2. The van der Waals surface area contributed by atoms with Gasteiger partial charge in [-0.2, -0.15) is 5.10 Å². The summed E-state index contributed by atoms with van der Waals surface area (Å²) in [5.41, 5.74) is 5.47. The molecule has 1 aromatic heterocycles.